The maximum absolute atomic E-state index is 9.98. The van der Waals surface area contributed by atoms with Crippen LogP contribution >= 0.6 is 23.1 Å². The van der Waals surface area contributed by atoms with E-state index in [4.69, 9.17) is 4.74 Å². The Hall–Kier alpha value is -1.56. The first-order chi connectivity index (χ1) is 10.3. The number of aliphatic hydroxyl groups excluding tert-OH is 1. The monoisotopic (exact) mass is 317 g/mol. The van der Waals surface area contributed by atoms with Crippen LogP contribution in [0.2, 0.25) is 0 Å². The zero-order chi connectivity index (χ0) is 14.5. The molecule has 108 valence electrons. The molecule has 0 amide bonds. The average molecular weight is 317 g/mol. The number of hydrogen-bond donors (Lipinski definition) is 1. The van der Waals surface area contributed by atoms with Gasteiger partial charge >= 0.3 is 0 Å². The van der Waals surface area contributed by atoms with E-state index in [0.717, 1.165) is 15.6 Å². The van der Waals surface area contributed by atoms with E-state index in [1.165, 1.54) is 4.70 Å². The van der Waals surface area contributed by atoms with E-state index in [0.29, 0.717) is 12.4 Å². The van der Waals surface area contributed by atoms with Crippen LogP contribution in [0.4, 0.5) is 0 Å². The summed E-state index contributed by atoms with van der Waals surface area (Å²) in [6.45, 7) is 0.294. The number of benzene rings is 2. The first-order valence-corrected chi connectivity index (χ1v) is 8.46. The zero-order valence-corrected chi connectivity index (χ0v) is 12.9. The lowest BCUT2D eigenvalue weighted by atomic mass is 10.3. The van der Waals surface area contributed by atoms with Crippen LogP contribution in [0.3, 0.4) is 0 Å². The maximum atomic E-state index is 9.98. The molecule has 1 aromatic heterocycles. The largest absolute Gasteiger partial charge is 0.491 e. The van der Waals surface area contributed by atoms with Gasteiger partial charge in [0.05, 0.1) is 16.3 Å². The number of thiazole rings is 1. The Balaban J connectivity index is 1.50. The van der Waals surface area contributed by atoms with E-state index >= 15 is 0 Å². The summed E-state index contributed by atoms with van der Waals surface area (Å²) in [7, 11) is 0. The van der Waals surface area contributed by atoms with Crippen molar-refractivity contribution in [1.82, 2.24) is 4.98 Å². The zero-order valence-electron chi connectivity index (χ0n) is 11.3. The topological polar surface area (TPSA) is 42.4 Å². The number of ether oxygens (including phenoxy) is 1. The molecule has 0 aliphatic heterocycles. The van der Waals surface area contributed by atoms with Gasteiger partial charge in [-0.25, -0.2) is 4.98 Å². The molecule has 5 heteroatoms. The van der Waals surface area contributed by atoms with Crippen molar-refractivity contribution in [3.63, 3.8) is 0 Å². The summed E-state index contributed by atoms with van der Waals surface area (Å²) in [5, 5.41) is 9.98. The van der Waals surface area contributed by atoms with Gasteiger partial charge in [0.2, 0.25) is 0 Å². The summed E-state index contributed by atoms with van der Waals surface area (Å²) in [4.78, 5) is 4.53. The lowest BCUT2D eigenvalue weighted by Crippen LogP contribution is -2.19. The minimum atomic E-state index is -0.512. The third-order valence-corrected chi connectivity index (χ3v) is 5.18. The summed E-state index contributed by atoms with van der Waals surface area (Å²) in [5.74, 6) is 1.36. The van der Waals surface area contributed by atoms with Crippen molar-refractivity contribution in [3.8, 4) is 5.75 Å². The fraction of sp³-hybridized carbons (Fsp3) is 0.188. The molecule has 2 aromatic carbocycles. The molecular weight excluding hydrogens is 302 g/mol. The van der Waals surface area contributed by atoms with Crippen LogP contribution in [-0.4, -0.2) is 28.6 Å². The summed E-state index contributed by atoms with van der Waals surface area (Å²) >= 11 is 3.22. The molecule has 0 aliphatic carbocycles. The van der Waals surface area contributed by atoms with Gasteiger partial charge in [0, 0.05) is 5.75 Å². The molecule has 1 atom stereocenters. The standard InChI is InChI=1S/C16H15NO2S2/c18-12(10-19-13-6-2-1-3-7-13)11-20-16-17-14-8-4-5-9-15(14)21-16/h1-9,12,18H,10-11H2/t12-/m1/s1. The van der Waals surface area contributed by atoms with Gasteiger partial charge in [0.15, 0.2) is 4.34 Å². The van der Waals surface area contributed by atoms with Gasteiger partial charge in [-0.05, 0) is 24.3 Å². The summed E-state index contributed by atoms with van der Waals surface area (Å²) in [6, 6.07) is 17.6. The molecule has 1 N–H and O–H groups in total. The van der Waals surface area contributed by atoms with E-state index in [1.807, 2.05) is 48.5 Å². The highest BCUT2D eigenvalue weighted by Crippen LogP contribution is 2.29. The van der Waals surface area contributed by atoms with Crippen LogP contribution < -0.4 is 4.74 Å². The quantitative estimate of drug-likeness (QED) is 0.702. The average Bonchev–Trinajstić information content (AvgIpc) is 2.95. The minimum absolute atomic E-state index is 0.294. The third-order valence-electron chi connectivity index (χ3n) is 2.86. The van der Waals surface area contributed by atoms with Crippen LogP contribution in [0, 0.1) is 0 Å². The lowest BCUT2D eigenvalue weighted by Gasteiger charge is -2.11. The highest BCUT2D eigenvalue weighted by atomic mass is 32.2. The second-order valence-corrected chi connectivity index (χ2v) is 6.83. The van der Waals surface area contributed by atoms with Crippen molar-refractivity contribution in [2.75, 3.05) is 12.4 Å². The Morgan fingerprint density at radius 3 is 2.67 bits per heavy atom. The first-order valence-electron chi connectivity index (χ1n) is 6.65. The van der Waals surface area contributed by atoms with Crippen LogP contribution in [0.1, 0.15) is 0 Å². The van der Waals surface area contributed by atoms with Crippen molar-refractivity contribution in [3.05, 3.63) is 54.6 Å². The number of fused-ring (bicyclic) bond motifs is 1. The van der Waals surface area contributed by atoms with Crippen molar-refractivity contribution < 1.29 is 9.84 Å². The Bertz CT molecular complexity index is 667. The lowest BCUT2D eigenvalue weighted by molar-refractivity contribution is 0.126. The van der Waals surface area contributed by atoms with Crippen molar-refractivity contribution in [1.29, 1.82) is 0 Å². The number of thioether (sulfide) groups is 1. The number of nitrogens with zero attached hydrogens (tertiary/aromatic N) is 1. The molecular formula is C16H15NO2S2. The van der Waals surface area contributed by atoms with Crippen LogP contribution in [-0.2, 0) is 0 Å². The molecule has 0 saturated heterocycles. The summed E-state index contributed by atoms with van der Waals surface area (Å²) < 4.78 is 7.69. The van der Waals surface area contributed by atoms with Gasteiger partial charge in [0.1, 0.15) is 12.4 Å². The van der Waals surface area contributed by atoms with Gasteiger partial charge in [-0.2, -0.15) is 0 Å². The predicted octanol–water partition coefficient (Wildman–Crippen LogP) is 3.83. The van der Waals surface area contributed by atoms with Crippen LogP contribution in [0.15, 0.2) is 58.9 Å². The van der Waals surface area contributed by atoms with Crippen molar-refractivity contribution in [2.45, 2.75) is 10.4 Å². The normalized spacial score (nSPS) is 12.4. The van der Waals surface area contributed by atoms with Gasteiger partial charge in [-0.15, -0.1) is 11.3 Å². The van der Waals surface area contributed by atoms with Crippen LogP contribution in [0.5, 0.6) is 5.75 Å². The number of aliphatic hydroxyl groups is 1. The number of rotatable bonds is 6. The van der Waals surface area contributed by atoms with Gasteiger partial charge in [0.25, 0.3) is 0 Å². The molecule has 0 unspecified atom stereocenters. The van der Waals surface area contributed by atoms with E-state index in [1.54, 1.807) is 23.1 Å². The molecule has 0 aliphatic rings. The fourth-order valence-electron chi connectivity index (χ4n) is 1.84. The summed E-state index contributed by atoms with van der Waals surface area (Å²) in [6.07, 6.45) is -0.512. The molecule has 3 rings (SSSR count). The van der Waals surface area contributed by atoms with Crippen molar-refractivity contribution in [2.24, 2.45) is 0 Å². The molecule has 0 saturated carbocycles. The Morgan fingerprint density at radius 1 is 1.10 bits per heavy atom. The molecule has 21 heavy (non-hydrogen) atoms. The maximum Gasteiger partial charge on any atom is 0.151 e. The number of aromatic nitrogens is 1. The van der Waals surface area contributed by atoms with E-state index in [-0.39, 0.29) is 0 Å². The van der Waals surface area contributed by atoms with E-state index < -0.39 is 6.10 Å². The molecule has 3 aromatic rings. The summed E-state index contributed by atoms with van der Waals surface area (Å²) in [5.41, 5.74) is 1.01. The molecule has 0 radical (unpaired) electrons. The number of hydrogen-bond acceptors (Lipinski definition) is 5. The third kappa shape index (κ3) is 3.97. The van der Waals surface area contributed by atoms with Gasteiger partial charge in [-0.3, -0.25) is 0 Å². The highest BCUT2D eigenvalue weighted by Gasteiger charge is 2.09. The second-order valence-electron chi connectivity index (χ2n) is 4.54. The van der Waals surface area contributed by atoms with Gasteiger partial charge < -0.3 is 9.84 Å². The SMILES string of the molecule is O[C@H](COc1ccccc1)CSc1nc2ccccc2s1. The Kier molecular flexibility index (Phi) is 4.75. The molecule has 0 spiro atoms. The molecule has 1 heterocycles. The Morgan fingerprint density at radius 2 is 1.86 bits per heavy atom. The van der Waals surface area contributed by atoms with Gasteiger partial charge in [-0.1, -0.05) is 42.1 Å². The second kappa shape index (κ2) is 6.93. The highest BCUT2D eigenvalue weighted by molar-refractivity contribution is 8.01. The predicted molar refractivity (Wildman–Crippen MR) is 88.3 cm³/mol. The Labute approximate surface area is 131 Å². The molecule has 3 nitrogen and oxygen atoms in total. The van der Waals surface area contributed by atoms with E-state index in [2.05, 4.69) is 11.1 Å². The number of para-hydroxylation sites is 2. The molecule has 0 fully saturated rings. The van der Waals surface area contributed by atoms with Crippen LogP contribution in [0.25, 0.3) is 10.2 Å². The minimum Gasteiger partial charge on any atom is -0.491 e. The molecule has 0 bridgehead atoms. The smallest absolute Gasteiger partial charge is 0.151 e. The van der Waals surface area contributed by atoms with E-state index in [9.17, 15) is 5.11 Å². The fourth-order valence-corrected chi connectivity index (χ4v) is 3.84. The van der Waals surface area contributed by atoms with Crippen molar-refractivity contribution >= 4 is 33.3 Å². The first kappa shape index (κ1) is 14.4.